The first-order chi connectivity index (χ1) is 9.97. The molecule has 0 aliphatic carbocycles. The third-order valence-electron chi connectivity index (χ3n) is 2.40. The van der Waals surface area contributed by atoms with Gasteiger partial charge in [-0.2, -0.15) is 0 Å². The molecule has 1 rings (SSSR count). The summed E-state index contributed by atoms with van der Waals surface area (Å²) in [7, 11) is 0. The number of nitrogens with one attached hydrogen (secondary N) is 1. The van der Waals surface area contributed by atoms with Crippen molar-refractivity contribution in [3.05, 3.63) is 35.9 Å². The number of hydrogen-bond acceptors (Lipinski definition) is 4. The molecule has 0 atom stereocenters. The van der Waals surface area contributed by atoms with E-state index in [1.54, 1.807) is 0 Å². The maximum absolute atomic E-state index is 11.3. The lowest BCUT2D eigenvalue weighted by Gasteiger charge is -2.19. The molecule has 0 radical (unpaired) electrons. The van der Waals surface area contributed by atoms with Crippen molar-refractivity contribution < 1.29 is 19.0 Å². The molecule has 21 heavy (non-hydrogen) atoms. The molecule has 0 heterocycles. The number of benzene rings is 1. The number of carbonyl (C=O) groups is 1. The molecule has 0 bridgehead atoms. The fourth-order valence-electron chi connectivity index (χ4n) is 1.52. The molecule has 1 amide bonds. The van der Waals surface area contributed by atoms with E-state index in [0.717, 1.165) is 5.56 Å². The third-order valence-corrected chi connectivity index (χ3v) is 2.40. The molecule has 5 heteroatoms. The number of alkyl carbamates (subject to hydrolysis) is 1. The van der Waals surface area contributed by atoms with Gasteiger partial charge in [0.1, 0.15) is 5.60 Å². The second kappa shape index (κ2) is 9.37. The summed E-state index contributed by atoms with van der Waals surface area (Å²) in [5.41, 5.74) is 0.667. The van der Waals surface area contributed by atoms with E-state index in [4.69, 9.17) is 14.2 Å². The Kier molecular flexibility index (Phi) is 7.79. The average molecular weight is 295 g/mol. The van der Waals surface area contributed by atoms with Crippen LogP contribution in [0.1, 0.15) is 26.3 Å². The van der Waals surface area contributed by atoms with Gasteiger partial charge in [-0.05, 0) is 26.3 Å². The van der Waals surface area contributed by atoms with Gasteiger partial charge >= 0.3 is 6.09 Å². The van der Waals surface area contributed by atoms with Gasteiger partial charge in [0, 0.05) is 6.54 Å². The summed E-state index contributed by atoms with van der Waals surface area (Å²) in [6.45, 7) is 7.96. The highest BCUT2D eigenvalue weighted by atomic mass is 16.6. The molecule has 0 saturated carbocycles. The van der Waals surface area contributed by atoms with Crippen LogP contribution in [0.15, 0.2) is 30.3 Å². The van der Waals surface area contributed by atoms with Crippen LogP contribution in [0.5, 0.6) is 0 Å². The summed E-state index contributed by atoms with van der Waals surface area (Å²) < 4.78 is 15.9. The van der Waals surface area contributed by atoms with Crippen molar-refractivity contribution in [3.8, 4) is 0 Å². The van der Waals surface area contributed by atoms with E-state index in [1.807, 2.05) is 51.1 Å². The minimum Gasteiger partial charge on any atom is -0.444 e. The predicted molar refractivity (Wildman–Crippen MR) is 81.2 cm³/mol. The second-order valence-electron chi connectivity index (χ2n) is 5.58. The Morgan fingerprint density at radius 3 is 2.38 bits per heavy atom. The fraction of sp³-hybridized carbons (Fsp3) is 0.562. The van der Waals surface area contributed by atoms with Crippen LogP contribution in [0.25, 0.3) is 0 Å². The second-order valence-corrected chi connectivity index (χ2v) is 5.58. The number of hydrogen-bond donors (Lipinski definition) is 1. The van der Waals surface area contributed by atoms with Crippen molar-refractivity contribution in [1.29, 1.82) is 0 Å². The highest BCUT2D eigenvalue weighted by Gasteiger charge is 2.15. The van der Waals surface area contributed by atoms with Crippen LogP contribution in [0.2, 0.25) is 0 Å². The summed E-state index contributed by atoms with van der Waals surface area (Å²) >= 11 is 0. The molecule has 1 aromatic rings. The van der Waals surface area contributed by atoms with Crippen LogP contribution in [-0.2, 0) is 20.8 Å². The summed E-state index contributed by atoms with van der Waals surface area (Å²) in [6.07, 6.45) is -0.425. The Morgan fingerprint density at radius 1 is 1.05 bits per heavy atom. The van der Waals surface area contributed by atoms with Crippen LogP contribution >= 0.6 is 0 Å². The van der Waals surface area contributed by atoms with Crippen molar-refractivity contribution in [2.24, 2.45) is 0 Å². The van der Waals surface area contributed by atoms with Crippen molar-refractivity contribution >= 4 is 6.09 Å². The summed E-state index contributed by atoms with van der Waals surface area (Å²) in [4.78, 5) is 11.3. The molecule has 118 valence electrons. The smallest absolute Gasteiger partial charge is 0.407 e. The predicted octanol–water partition coefficient (Wildman–Crippen LogP) is 2.74. The summed E-state index contributed by atoms with van der Waals surface area (Å²) in [5, 5.41) is 2.63. The largest absolute Gasteiger partial charge is 0.444 e. The van der Waals surface area contributed by atoms with Crippen molar-refractivity contribution in [2.75, 3.05) is 26.4 Å². The maximum Gasteiger partial charge on any atom is 0.407 e. The molecule has 1 aromatic carbocycles. The zero-order valence-corrected chi connectivity index (χ0v) is 13.1. The molecule has 0 saturated heterocycles. The van der Waals surface area contributed by atoms with Crippen LogP contribution < -0.4 is 5.32 Å². The third kappa shape index (κ3) is 9.87. The molecule has 0 aliphatic heterocycles. The van der Waals surface area contributed by atoms with E-state index in [0.29, 0.717) is 33.0 Å². The van der Waals surface area contributed by atoms with Crippen LogP contribution in [-0.4, -0.2) is 38.1 Å². The first-order valence-corrected chi connectivity index (χ1v) is 7.13. The molecule has 0 aromatic heterocycles. The normalized spacial score (nSPS) is 11.2. The van der Waals surface area contributed by atoms with E-state index in [9.17, 15) is 4.79 Å². The molecule has 5 nitrogen and oxygen atoms in total. The van der Waals surface area contributed by atoms with Crippen LogP contribution in [0.4, 0.5) is 4.79 Å². The highest BCUT2D eigenvalue weighted by molar-refractivity contribution is 5.67. The Bertz CT molecular complexity index is 400. The molecule has 0 aliphatic rings. The fourth-order valence-corrected chi connectivity index (χ4v) is 1.52. The number of carbonyl (C=O) groups excluding carboxylic acids is 1. The quantitative estimate of drug-likeness (QED) is 0.749. The van der Waals surface area contributed by atoms with Gasteiger partial charge in [0.15, 0.2) is 0 Å². The van der Waals surface area contributed by atoms with Crippen LogP contribution in [0, 0.1) is 0 Å². The lowest BCUT2D eigenvalue weighted by atomic mass is 10.2. The first-order valence-electron chi connectivity index (χ1n) is 7.13. The summed E-state index contributed by atoms with van der Waals surface area (Å²) in [5.74, 6) is 0. The summed E-state index contributed by atoms with van der Waals surface area (Å²) in [6, 6.07) is 9.98. The number of amides is 1. The molecular weight excluding hydrogens is 270 g/mol. The lowest BCUT2D eigenvalue weighted by molar-refractivity contribution is 0.0355. The minimum absolute atomic E-state index is 0.424. The topological polar surface area (TPSA) is 56.8 Å². The zero-order valence-electron chi connectivity index (χ0n) is 13.1. The zero-order chi connectivity index (χ0) is 15.6. The van der Waals surface area contributed by atoms with Gasteiger partial charge in [-0.15, -0.1) is 0 Å². The molecule has 0 spiro atoms. The van der Waals surface area contributed by atoms with Crippen molar-refractivity contribution in [1.82, 2.24) is 5.32 Å². The van der Waals surface area contributed by atoms with E-state index in [2.05, 4.69) is 5.32 Å². The maximum atomic E-state index is 11.3. The van der Waals surface area contributed by atoms with Gasteiger partial charge in [-0.1, -0.05) is 30.3 Å². The van der Waals surface area contributed by atoms with Gasteiger partial charge in [0.05, 0.1) is 26.4 Å². The molecule has 1 N–H and O–H groups in total. The number of rotatable bonds is 8. The standard InChI is InChI=1S/C16H25NO4/c1-16(2,3)21-15(18)17-9-10-19-11-12-20-13-14-7-5-4-6-8-14/h4-8H,9-13H2,1-3H3,(H,17,18). The monoisotopic (exact) mass is 295 g/mol. The Labute approximate surface area is 126 Å². The average Bonchev–Trinajstić information content (AvgIpc) is 2.41. The van der Waals surface area contributed by atoms with Gasteiger partial charge in [-0.3, -0.25) is 0 Å². The Balaban J connectivity index is 1.92. The molecular formula is C16H25NO4. The molecule has 0 unspecified atom stereocenters. The van der Waals surface area contributed by atoms with E-state index >= 15 is 0 Å². The number of ether oxygens (including phenoxy) is 3. The van der Waals surface area contributed by atoms with Gasteiger partial charge in [-0.25, -0.2) is 4.79 Å². The molecule has 0 fully saturated rings. The van der Waals surface area contributed by atoms with Gasteiger partial charge < -0.3 is 19.5 Å². The highest BCUT2D eigenvalue weighted by Crippen LogP contribution is 2.06. The first kappa shape index (κ1) is 17.5. The minimum atomic E-state index is -0.476. The Hall–Kier alpha value is -1.59. The van der Waals surface area contributed by atoms with E-state index in [1.165, 1.54) is 0 Å². The van der Waals surface area contributed by atoms with Gasteiger partial charge in [0.2, 0.25) is 0 Å². The van der Waals surface area contributed by atoms with Crippen LogP contribution in [0.3, 0.4) is 0 Å². The Morgan fingerprint density at radius 2 is 1.71 bits per heavy atom. The SMILES string of the molecule is CC(C)(C)OC(=O)NCCOCCOCc1ccccc1. The van der Waals surface area contributed by atoms with Crippen molar-refractivity contribution in [2.45, 2.75) is 33.0 Å². The lowest BCUT2D eigenvalue weighted by Crippen LogP contribution is -2.34. The van der Waals surface area contributed by atoms with Gasteiger partial charge in [0.25, 0.3) is 0 Å². The van der Waals surface area contributed by atoms with E-state index < -0.39 is 11.7 Å². The van der Waals surface area contributed by atoms with E-state index in [-0.39, 0.29) is 0 Å². The van der Waals surface area contributed by atoms with Crippen molar-refractivity contribution in [3.63, 3.8) is 0 Å².